The lowest BCUT2D eigenvalue weighted by Crippen LogP contribution is -2.12. The third kappa shape index (κ3) is 5.47. The second-order valence-electron chi connectivity index (χ2n) is 6.70. The zero-order valence-electron chi connectivity index (χ0n) is 14.1. The molecule has 0 bridgehead atoms. The Morgan fingerprint density at radius 3 is 2.23 bits per heavy atom. The van der Waals surface area contributed by atoms with Crippen LogP contribution < -0.4 is 0 Å². The third-order valence-corrected chi connectivity index (χ3v) is 4.97. The van der Waals surface area contributed by atoms with Crippen molar-refractivity contribution in [1.82, 2.24) is 0 Å². The highest BCUT2D eigenvalue weighted by atomic mass is 16.4. The van der Waals surface area contributed by atoms with Crippen molar-refractivity contribution in [2.75, 3.05) is 0 Å². The number of rotatable bonds is 8. The van der Waals surface area contributed by atoms with Gasteiger partial charge >= 0.3 is 0 Å². The average molecular weight is 301 g/mol. The molecule has 0 aromatic heterocycles. The Kier molecular flexibility index (Phi) is 7.48. The minimum atomic E-state index is 0.647. The predicted octanol–water partition coefficient (Wildman–Crippen LogP) is 6.08. The fourth-order valence-electron chi connectivity index (χ4n) is 3.45. The van der Waals surface area contributed by atoms with Crippen molar-refractivity contribution < 1.29 is 5.21 Å². The SMILES string of the molecule is CCCCCCCCc1ccc(C2CCC(=NO)CC2)cc1. The van der Waals surface area contributed by atoms with Crippen molar-refractivity contribution in [3.8, 4) is 0 Å². The van der Waals surface area contributed by atoms with E-state index in [1.54, 1.807) is 0 Å². The smallest absolute Gasteiger partial charge is 0.0571 e. The summed E-state index contributed by atoms with van der Waals surface area (Å²) in [7, 11) is 0. The minimum absolute atomic E-state index is 0.647. The first-order valence-corrected chi connectivity index (χ1v) is 9.12. The van der Waals surface area contributed by atoms with Crippen LogP contribution in [0, 0.1) is 0 Å². The maximum atomic E-state index is 8.82. The minimum Gasteiger partial charge on any atom is -0.411 e. The molecule has 0 heterocycles. The van der Waals surface area contributed by atoms with Crippen LogP contribution in [0.4, 0.5) is 0 Å². The molecule has 2 rings (SSSR count). The molecule has 1 aliphatic rings. The van der Waals surface area contributed by atoms with Gasteiger partial charge in [0.1, 0.15) is 0 Å². The number of nitrogens with zero attached hydrogens (tertiary/aromatic N) is 1. The molecule has 1 aromatic carbocycles. The summed E-state index contributed by atoms with van der Waals surface area (Å²) in [6.07, 6.45) is 13.6. The zero-order chi connectivity index (χ0) is 15.6. The summed E-state index contributed by atoms with van der Waals surface area (Å²) < 4.78 is 0. The van der Waals surface area contributed by atoms with Crippen molar-refractivity contribution >= 4 is 5.71 Å². The molecule has 1 aromatic rings. The summed E-state index contributed by atoms with van der Waals surface area (Å²) in [5.41, 5.74) is 3.91. The second-order valence-corrected chi connectivity index (χ2v) is 6.70. The molecule has 0 atom stereocenters. The van der Waals surface area contributed by atoms with Gasteiger partial charge in [0.25, 0.3) is 0 Å². The summed E-state index contributed by atoms with van der Waals surface area (Å²) in [5, 5.41) is 12.2. The molecule has 2 nitrogen and oxygen atoms in total. The molecule has 0 aliphatic heterocycles. The fourth-order valence-corrected chi connectivity index (χ4v) is 3.45. The van der Waals surface area contributed by atoms with Crippen LogP contribution in [-0.2, 0) is 6.42 Å². The van der Waals surface area contributed by atoms with Crippen LogP contribution >= 0.6 is 0 Å². The van der Waals surface area contributed by atoms with E-state index in [0.717, 1.165) is 31.4 Å². The maximum Gasteiger partial charge on any atom is 0.0571 e. The van der Waals surface area contributed by atoms with E-state index < -0.39 is 0 Å². The number of hydrogen-bond donors (Lipinski definition) is 1. The van der Waals surface area contributed by atoms with E-state index in [9.17, 15) is 0 Å². The Labute approximate surface area is 135 Å². The van der Waals surface area contributed by atoms with Crippen molar-refractivity contribution in [3.05, 3.63) is 35.4 Å². The summed E-state index contributed by atoms with van der Waals surface area (Å²) >= 11 is 0. The average Bonchev–Trinajstić information content (AvgIpc) is 2.59. The molecule has 0 amide bonds. The van der Waals surface area contributed by atoms with Gasteiger partial charge in [-0.3, -0.25) is 0 Å². The normalized spacial score (nSPS) is 18.4. The van der Waals surface area contributed by atoms with Gasteiger partial charge in [-0.25, -0.2) is 0 Å². The van der Waals surface area contributed by atoms with E-state index in [2.05, 4.69) is 36.3 Å². The van der Waals surface area contributed by atoms with E-state index in [1.165, 1.54) is 56.1 Å². The van der Waals surface area contributed by atoms with Gasteiger partial charge in [-0.2, -0.15) is 0 Å². The lowest BCUT2D eigenvalue weighted by atomic mass is 9.83. The van der Waals surface area contributed by atoms with Gasteiger partial charge in [0.05, 0.1) is 5.71 Å². The summed E-state index contributed by atoms with van der Waals surface area (Å²) in [4.78, 5) is 0. The van der Waals surface area contributed by atoms with Gasteiger partial charge < -0.3 is 5.21 Å². The Bertz CT molecular complexity index is 439. The van der Waals surface area contributed by atoms with Crippen LogP contribution in [0.2, 0.25) is 0 Å². The van der Waals surface area contributed by atoms with Crippen molar-refractivity contribution in [3.63, 3.8) is 0 Å². The number of unbranched alkanes of at least 4 members (excludes halogenated alkanes) is 5. The molecule has 22 heavy (non-hydrogen) atoms. The first-order valence-electron chi connectivity index (χ1n) is 9.12. The molecule has 2 heteroatoms. The molecule has 0 saturated heterocycles. The summed E-state index contributed by atoms with van der Waals surface area (Å²) in [6, 6.07) is 9.27. The molecular formula is C20H31NO. The topological polar surface area (TPSA) is 32.6 Å². The van der Waals surface area contributed by atoms with E-state index >= 15 is 0 Å². The first kappa shape index (κ1) is 17.1. The highest BCUT2D eigenvalue weighted by Crippen LogP contribution is 2.31. The van der Waals surface area contributed by atoms with Gasteiger partial charge in [0.2, 0.25) is 0 Å². The third-order valence-electron chi connectivity index (χ3n) is 4.97. The quantitative estimate of drug-likeness (QED) is 0.352. The van der Waals surface area contributed by atoms with E-state index in [-0.39, 0.29) is 0 Å². The van der Waals surface area contributed by atoms with Gasteiger partial charge in [-0.15, -0.1) is 0 Å². The Morgan fingerprint density at radius 1 is 0.955 bits per heavy atom. The Morgan fingerprint density at radius 2 is 1.59 bits per heavy atom. The largest absolute Gasteiger partial charge is 0.411 e. The standard InChI is InChI=1S/C20H31NO/c1-2-3-4-5-6-7-8-17-9-11-18(12-10-17)19-13-15-20(21-22)16-14-19/h9-12,19,22H,2-8,13-16H2,1H3. The lowest BCUT2D eigenvalue weighted by molar-refractivity contribution is 0.313. The highest BCUT2D eigenvalue weighted by molar-refractivity contribution is 5.84. The molecule has 122 valence electrons. The first-order chi connectivity index (χ1) is 10.8. The van der Waals surface area contributed by atoms with Crippen LogP contribution in [0.25, 0.3) is 0 Å². The molecule has 1 fully saturated rings. The highest BCUT2D eigenvalue weighted by Gasteiger charge is 2.19. The van der Waals surface area contributed by atoms with Gasteiger partial charge in [0, 0.05) is 0 Å². The maximum absolute atomic E-state index is 8.82. The fraction of sp³-hybridized carbons (Fsp3) is 0.650. The van der Waals surface area contributed by atoms with Gasteiger partial charge in [-0.05, 0) is 55.6 Å². The van der Waals surface area contributed by atoms with Crippen LogP contribution in [0.1, 0.15) is 88.2 Å². The molecule has 0 radical (unpaired) electrons. The molecule has 1 aliphatic carbocycles. The number of hydrogen-bond acceptors (Lipinski definition) is 2. The number of oxime groups is 1. The number of aryl methyl sites for hydroxylation is 1. The van der Waals surface area contributed by atoms with Crippen LogP contribution in [0.3, 0.4) is 0 Å². The number of benzene rings is 1. The Balaban J connectivity index is 1.71. The van der Waals surface area contributed by atoms with Crippen LogP contribution in [0.5, 0.6) is 0 Å². The van der Waals surface area contributed by atoms with E-state index in [1.807, 2.05) is 0 Å². The van der Waals surface area contributed by atoms with Crippen molar-refractivity contribution in [2.45, 2.75) is 83.5 Å². The van der Waals surface area contributed by atoms with Crippen molar-refractivity contribution in [1.29, 1.82) is 0 Å². The zero-order valence-corrected chi connectivity index (χ0v) is 14.1. The summed E-state index contributed by atoms with van der Waals surface area (Å²) in [6.45, 7) is 2.27. The van der Waals surface area contributed by atoms with Gasteiger partial charge in [0.15, 0.2) is 0 Å². The summed E-state index contributed by atoms with van der Waals surface area (Å²) in [5.74, 6) is 0.647. The molecule has 1 N–H and O–H groups in total. The lowest BCUT2D eigenvalue weighted by Gasteiger charge is -2.22. The van der Waals surface area contributed by atoms with E-state index in [0.29, 0.717) is 5.92 Å². The van der Waals surface area contributed by atoms with E-state index in [4.69, 9.17) is 5.21 Å². The van der Waals surface area contributed by atoms with Crippen LogP contribution in [0.15, 0.2) is 29.4 Å². The monoisotopic (exact) mass is 301 g/mol. The van der Waals surface area contributed by atoms with Gasteiger partial charge in [-0.1, -0.05) is 68.4 Å². The predicted molar refractivity (Wildman–Crippen MR) is 94.0 cm³/mol. The molecule has 0 unspecified atom stereocenters. The molecule has 1 saturated carbocycles. The Hall–Kier alpha value is -1.31. The van der Waals surface area contributed by atoms with Crippen LogP contribution in [-0.4, -0.2) is 10.9 Å². The second kappa shape index (κ2) is 9.66. The molecule has 0 spiro atoms. The van der Waals surface area contributed by atoms with Crippen molar-refractivity contribution in [2.24, 2.45) is 5.16 Å². The molecular weight excluding hydrogens is 270 g/mol.